The van der Waals surface area contributed by atoms with E-state index in [1.54, 1.807) is 0 Å². The van der Waals surface area contributed by atoms with Crippen LogP contribution in [0.5, 0.6) is 11.5 Å². The zero-order valence-corrected chi connectivity index (χ0v) is 15.4. The first kappa shape index (κ1) is 19.1. The number of ether oxygens (including phenoxy) is 1. The molecule has 0 fully saturated rings. The molecule has 0 spiro atoms. The van der Waals surface area contributed by atoms with Gasteiger partial charge in [0.25, 0.3) is 11.5 Å². The van der Waals surface area contributed by atoms with E-state index in [0.717, 1.165) is 6.07 Å². The molecule has 4 rings (SSSR count). The van der Waals surface area contributed by atoms with Crippen molar-refractivity contribution in [1.82, 2.24) is 14.8 Å². The van der Waals surface area contributed by atoms with Gasteiger partial charge >= 0.3 is 0 Å². The molecule has 8 nitrogen and oxygen atoms in total. The number of aromatic amines is 1. The van der Waals surface area contributed by atoms with Gasteiger partial charge in [-0.15, -0.1) is 0 Å². The molecule has 4 aromatic rings. The normalized spacial score (nSPS) is 10.9. The number of H-pyrrole nitrogens is 1. The Bertz CT molecular complexity index is 1330. The second-order valence-electron chi connectivity index (χ2n) is 6.28. The number of aromatic hydroxyl groups is 1. The Labute approximate surface area is 167 Å². The maximum Gasteiger partial charge on any atom is 0.266 e. The minimum Gasteiger partial charge on any atom is -0.506 e. The summed E-state index contributed by atoms with van der Waals surface area (Å²) >= 11 is 0. The molecule has 0 aliphatic rings. The second-order valence-corrected chi connectivity index (χ2v) is 6.28. The standard InChI is InChI=1S/C20H14F2N4O4/c1-30-15-7-4-11(8-14(15)22)24-19(28)16-17(27)13-9-23-26(18(13)25-20(16)29)12-5-2-10(21)3-6-12/h2-9H,1H3,(H,24,28)(H2,25,27,29). The fraction of sp³-hybridized carbons (Fsp3) is 0.0500. The van der Waals surface area contributed by atoms with Crippen LogP contribution in [0.3, 0.4) is 0 Å². The summed E-state index contributed by atoms with van der Waals surface area (Å²) in [6, 6.07) is 9.04. The molecule has 30 heavy (non-hydrogen) atoms. The van der Waals surface area contributed by atoms with Crippen molar-refractivity contribution >= 4 is 22.6 Å². The number of methoxy groups -OCH3 is 1. The van der Waals surface area contributed by atoms with Crippen LogP contribution in [-0.2, 0) is 0 Å². The first-order valence-electron chi connectivity index (χ1n) is 8.63. The van der Waals surface area contributed by atoms with E-state index in [0.29, 0.717) is 5.69 Å². The number of carbonyl (C=O) groups is 1. The van der Waals surface area contributed by atoms with Gasteiger partial charge < -0.3 is 20.1 Å². The molecule has 2 aromatic heterocycles. The van der Waals surface area contributed by atoms with Gasteiger partial charge in [-0.1, -0.05) is 0 Å². The zero-order valence-electron chi connectivity index (χ0n) is 15.4. The predicted molar refractivity (Wildman–Crippen MR) is 104 cm³/mol. The molecule has 1 amide bonds. The summed E-state index contributed by atoms with van der Waals surface area (Å²) in [5, 5.41) is 17.1. The smallest absolute Gasteiger partial charge is 0.266 e. The Morgan fingerprint density at radius 3 is 2.60 bits per heavy atom. The van der Waals surface area contributed by atoms with Crippen molar-refractivity contribution in [3.8, 4) is 17.2 Å². The highest BCUT2D eigenvalue weighted by Crippen LogP contribution is 2.27. The van der Waals surface area contributed by atoms with Gasteiger partial charge in [0, 0.05) is 11.8 Å². The number of halogens is 2. The lowest BCUT2D eigenvalue weighted by molar-refractivity contribution is 0.102. The number of pyridine rings is 1. The quantitative estimate of drug-likeness (QED) is 0.478. The molecule has 0 radical (unpaired) electrons. The predicted octanol–water partition coefficient (Wildman–Crippen LogP) is 2.96. The highest BCUT2D eigenvalue weighted by Gasteiger charge is 2.22. The molecule has 0 aliphatic heterocycles. The number of rotatable bonds is 4. The molecule has 3 N–H and O–H groups in total. The Morgan fingerprint density at radius 2 is 1.93 bits per heavy atom. The molecule has 0 saturated carbocycles. The minimum absolute atomic E-state index is 0.0108. The summed E-state index contributed by atoms with van der Waals surface area (Å²) in [6.45, 7) is 0. The van der Waals surface area contributed by atoms with E-state index < -0.39 is 34.4 Å². The second kappa shape index (κ2) is 7.32. The number of anilines is 1. The van der Waals surface area contributed by atoms with Crippen LogP contribution in [-0.4, -0.2) is 32.9 Å². The van der Waals surface area contributed by atoms with Gasteiger partial charge in [-0.05, 0) is 36.4 Å². The first-order valence-corrected chi connectivity index (χ1v) is 8.63. The molecular formula is C20H14F2N4O4. The third kappa shape index (κ3) is 3.24. The number of aromatic nitrogens is 3. The number of hydrogen-bond donors (Lipinski definition) is 3. The van der Waals surface area contributed by atoms with Crippen molar-refractivity contribution in [3.63, 3.8) is 0 Å². The molecule has 10 heteroatoms. The number of hydrogen-bond acceptors (Lipinski definition) is 5. The fourth-order valence-corrected chi connectivity index (χ4v) is 2.98. The van der Waals surface area contributed by atoms with Gasteiger partial charge in [-0.25, -0.2) is 13.5 Å². The summed E-state index contributed by atoms with van der Waals surface area (Å²) in [4.78, 5) is 27.6. The number of benzene rings is 2. The molecule has 0 saturated heterocycles. The maximum absolute atomic E-state index is 13.8. The number of nitrogens with one attached hydrogen (secondary N) is 2. The molecule has 2 heterocycles. The van der Waals surface area contributed by atoms with E-state index in [2.05, 4.69) is 15.4 Å². The van der Waals surface area contributed by atoms with Crippen LogP contribution in [0, 0.1) is 11.6 Å². The van der Waals surface area contributed by atoms with Gasteiger partial charge in [0.1, 0.15) is 22.8 Å². The van der Waals surface area contributed by atoms with Gasteiger partial charge in [-0.2, -0.15) is 5.10 Å². The van der Waals surface area contributed by atoms with Crippen LogP contribution in [0.15, 0.2) is 53.5 Å². The summed E-state index contributed by atoms with van der Waals surface area (Å²) in [7, 11) is 1.30. The van der Waals surface area contributed by atoms with Gasteiger partial charge in [0.2, 0.25) is 0 Å². The lowest BCUT2D eigenvalue weighted by atomic mass is 10.2. The monoisotopic (exact) mass is 412 g/mol. The van der Waals surface area contributed by atoms with Crippen LogP contribution in [0.1, 0.15) is 10.4 Å². The average Bonchev–Trinajstić information content (AvgIpc) is 3.12. The average molecular weight is 412 g/mol. The molecule has 152 valence electrons. The summed E-state index contributed by atoms with van der Waals surface area (Å²) in [6.07, 6.45) is 1.26. The first-order chi connectivity index (χ1) is 14.4. The van der Waals surface area contributed by atoms with Crippen molar-refractivity contribution < 1.29 is 23.4 Å². The number of carbonyl (C=O) groups excluding carboxylic acids is 1. The van der Waals surface area contributed by atoms with E-state index in [4.69, 9.17) is 4.74 Å². The van der Waals surface area contributed by atoms with Crippen LogP contribution >= 0.6 is 0 Å². The number of fused-ring (bicyclic) bond motifs is 1. The third-order valence-corrected chi connectivity index (χ3v) is 4.43. The lowest BCUT2D eigenvalue weighted by Gasteiger charge is -2.09. The Kier molecular flexibility index (Phi) is 4.66. The van der Waals surface area contributed by atoms with Crippen molar-refractivity contribution in [2.45, 2.75) is 0 Å². The third-order valence-electron chi connectivity index (χ3n) is 4.43. The van der Waals surface area contributed by atoms with Gasteiger partial charge in [0.05, 0.1) is 24.4 Å². The van der Waals surface area contributed by atoms with Crippen LogP contribution in [0.4, 0.5) is 14.5 Å². The minimum atomic E-state index is -0.935. The molecular weight excluding hydrogens is 398 g/mol. The topological polar surface area (TPSA) is 109 Å². The van der Waals surface area contributed by atoms with Gasteiger partial charge in [0.15, 0.2) is 11.6 Å². The van der Waals surface area contributed by atoms with E-state index in [9.17, 15) is 23.5 Å². The van der Waals surface area contributed by atoms with E-state index >= 15 is 0 Å². The summed E-state index contributed by atoms with van der Waals surface area (Å²) in [5.74, 6) is -2.68. The molecule has 2 aromatic carbocycles. The Balaban J connectivity index is 1.73. The Hall–Kier alpha value is -4.21. The molecule has 0 atom stereocenters. The van der Waals surface area contributed by atoms with Crippen LogP contribution in [0.2, 0.25) is 0 Å². The van der Waals surface area contributed by atoms with Crippen LogP contribution in [0.25, 0.3) is 16.7 Å². The zero-order chi connectivity index (χ0) is 21.4. The van der Waals surface area contributed by atoms with Crippen molar-refractivity contribution in [3.05, 3.63) is 76.2 Å². The lowest BCUT2D eigenvalue weighted by Crippen LogP contribution is -2.23. The van der Waals surface area contributed by atoms with E-state index in [1.165, 1.54) is 54.4 Å². The van der Waals surface area contributed by atoms with Gasteiger partial charge in [-0.3, -0.25) is 9.59 Å². The van der Waals surface area contributed by atoms with E-state index in [1.807, 2.05) is 0 Å². The van der Waals surface area contributed by atoms with E-state index in [-0.39, 0.29) is 22.5 Å². The molecule has 0 unspecified atom stereocenters. The van der Waals surface area contributed by atoms with Crippen molar-refractivity contribution in [2.75, 3.05) is 12.4 Å². The van der Waals surface area contributed by atoms with Crippen molar-refractivity contribution in [1.29, 1.82) is 0 Å². The highest BCUT2D eigenvalue weighted by atomic mass is 19.1. The number of nitrogens with zero attached hydrogens (tertiary/aromatic N) is 2. The van der Waals surface area contributed by atoms with Crippen LogP contribution < -0.4 is 15.6 Å². The summed E-state index contributed by atoms with van der Waals surface area (Å²) in [5.41, 5.74) is -0.810. The largest absolute Gasteiger partial charge is 0.506 e. The molecule has 0 aliphatic carbocycles. The highest BCUT2D eigenvalue weighted by molar-refractivity contribution is 6.08. The van der Waals surface area contributed by atoms with Crippen molar-refractivity contribution in [2.24, 2.45) is 0 Å². The fourth-order valence-electron chi connectivity index (χ4n) is 2.98. The number of amides is 1. The Morgan fingerprint density at radius 1 is 1.20 bits per heavy atom. The maximum atomic E-state index is 13.8. The summed E-state index contributed by atoms with van der Waals surface area (Å²) < 4.78 is 33.1. The molecule has 0 bridgehead atoms. The SMILES string of the molecule is COc1ccc(NC(=O)c2c(O)c3cnn(-c4ccc(F)cc4)c3[nH]c2=O)cc1F.